The van der Waals surface area contributed by atoms with Crippen LogP contribution in [0.15, 0.2) is 18.2 Å². The van der Waals surface area contributed by atoms with Crippen LogP contribution in [0.2, 0.25) is 0 Å². The van der Waals surface area contributed by atoms with Crippen LogP contribution in [-0.2, 0) is 0 Å². The fourth-order valence-electron chi connectivity index (χ4n) is 2.81. The SMILES string of the molecule is COc1ccc(C(=O)NC2CCC(C)(C)C2)cc1OC. The summed E-state index contributed by atoms with van der Waals surface area (Å²) in [4.78, 5) is 12.3. The quantitative estimate of drug-likeness (QED) is 0.920. The van der Waals surface area contributed by atoms with Gasteiger partial charge in [0.25, 0.3) is 5.91 Å². The van der Waals surface area contributed by atoms with Gasteiger partial charge in [-0.1, -0.05) is 13.8 Å². The molecule has 1 aromatic carbocycles. The zero-order valence-electron chi connectivity index (χ0n) is 12.7. The molecule has 0 aromatic heterocycles. The summed E-state index contributed by atoms with van der Waals surface area (Å²) >= 11 is 0. The van der Waals surface area contributed by atoms with Crippen molar-refractivity contribution in [1.82, 2.24) is 5.32 Å². The molecule has 1 fully saturated rings. The lowest BCUT2D eigenvalue weighted by Crippen LogP contribution is -2.33. The van der Waals surface area contributed by atoms with Gasteiger partial charge in [-0.05, 0) is 42.9 Å². The van der Waals surface area contributed by atoms with E-state index in [1.807, 2.05) is 0 Å². The number of hydrogen-bond donors (Lipinski definition) is 1. The highest BCUT2D eigenvalue weighted by Crippen LogP contribution is 2.37. The normalized spacial score (nSPS) is 20.5. The van der Waals surface area contributed by atoms with E-state index in [2.05, 4.69) is 19.2 Å². The standard InChI is InChI=1S/C16H23NO3/c1-16(2)8-7-12(10-16)17-15(18)11-5-6-13(19-3)14(9-11)20-4/h5-6,9,12H,7-8,10H2,1-4H3,(H,17,18). The predicted molar refractivity (Wildman–Crippen MR) is 78.4 cm³/mol. The summed E-state index contributed by atoms with van der Waals surface area (Å²) in [6.45, 7) is 4.49. The van der Waals surface area contributed by atoms with Gasteiger partial charge in [-0.3, -0.25) is 4.79 Å². The molecule has 1 aliphatic carbocycles. The van der Waals surface area contributed by atoms with Crippen molar-refractivity contribution in [3.8, 4) is 11.5 Å². The van der Waals surface area contributed by atoms with Crippen LogP contribution in [0.25, 0.3) is 0 Å². The van der Waals surface area contributed by atoms with E-state index in [0.29, 0.717) is 22.5 Å². The molecule has 0 spiro atoms. The maximum atomic E-state index is 12.3. The Bertz CT molecular complexity index is 496. The van der Waals surface area contributed by atoms with Crippen molar-refractivity contribution in [2.24, 2.45) is 5.41 Å². The topological polar surface area (TPSA) is 47.6 Å². The third-order valence-electron chi connectivity index (χ3n) is 3.95. The van der Waals surface area contributed by atoms with E-state index >= 15 is 0 Å². The summed E-state index contributed by atoms with van der Waals surface area (Å²) in [5, 5.41) is 3.10. The average Bonchev–Trinajstić information content (AvgIpc) is 2.76. The zero-order chi connectivity index (χ0) is 14.8. The number of benzene rings is 1. The van der Waals surface area contributed by atoms with Gasteiger partial charge in [-0.15, -0.1) is 0 Å². The molecule has 2 rings (SSSR count). The van der Waals surface area contributed by atoms with Crippen LogP contribution in [0.4, 0.5) is 0 Å². The van der Waals surface area contributed by atoms with Crippen LogP contribution < -0.4 is 14.8 Å². The summed E-state index contributed by atoms with van der Waals surface area (Å²) in [6.07, 6.45) is 3.24. The van der Waals surface area contributed by atoms with Gasteiger partial charge in [0.05, 0.1) is 14.2 Å². The van der Waals surface area contributed by atoms with Gasteiger partial charge in [-0.25, -0.2) is 0 Å². The summed E-state index contributed by atoms with van der Waals surface area (Å²) in [5.41, 5.74) is 0.933. The Morgan fingerprint density at radius 3 is 2.50 bits per heavy atom. The number of nitrogens with one attached hydrogen (secondary N) is 1. The molecule has 1 N–H and O–H groups in total. The second-order valence-corrected chi connectivity index (χ2v) is 6.15. The van der Waals surface area contributed by atoms with E-state index in [-0.39, 0.29) is 11.9 Å². The fraction of sp³-hybridized carbons (Fsp3) is 0.562. The van der Waals surface area contributed by atoms with E-state index < -0.39 is 0 Å². The van der Waals surface area contributed by atoms with Crippen LogP contribution in [0.3, 0.4) is 0 Å². The number of methoxy groups -OCH3 is 2. The maximum absolute atomic E-state index is 12.3. The van der Waals surface area contributed by atoms with Crippen LogP contribution in [-0.4, -0.2) is 26.2 Å². The third-order valence-corrected chi connectivity index (χ3v) is 3.95. The molecule has 1 amide bonds. The predicted octanol–water partition coefficient (Wildman–Crippen LogP) is 3.01. The van der Waals surface area contributed by atoms with Gasteiger partial charge < -0.3 is 14.8 Å². The molecule has 1 saturated carbocycles. The first kappa shape index (κ1) is 14.7. The maximum Gasteiger partial charge on any atom is 0.251 e. The lowest BCUT2D eigenvalue weighted by Gasteiger charge is -2.18. The number of rotatable bonds is 4. The molecule has 1 unspecified atom stereocenters. The molecule has 0 saturated heterocycles. The van der Waals surface area contributed by atoms with E-state index in [1.165, 1.54) is 0 Å². The van der Waals surface area contributed by atoms with E-state index in [1.54, 1.807) is 32.4 Å². The highest BCUT2D eigenvalue weighted by atomic mass is 16.5. The monoisotopic (exact) mass is 277 g/mol. The summed E-state index contributed by atoms with van der Waals surface area (Å²) in [7, 11) is 3.15. The highest BCUT2D eigenvalue weighted by Gasteiger charge is 2.31. The van der Waals surface area contributed by atoms with Crippen molar-refractivity contribution in [2.75, 3.05) is 14.2 Å². The average molecular weight is 277 g/mol. The third kappa shape index (κ3) is 3.24. The lowest BCUT2D eigenvalue weighted by molar-refractivity contribution is 0.0935. The second kappa shape index (κ2) is 5.73. The minimum absolute atomic E-state index is 0.0475. The van der Waals surface area contributed by atoms with Crippen LogP contribution in [0.1, 0.15) is 43.5 Å². The smallest absolute Gasteiger partial charge is 0.251 e. The Balaban J connectivity index is 2.06. The number of carbonyl (C=O) groups excluding carboxylic acids is 1. The summed E-state index contributed by atoms with van der Waals surface area (Å²) in [5.74, 6) is 1.16. The van der Waals surface area contributed by atoms with Crippen LogP contribution >= 0.6 is 0 Å². The molecule has 0 radical (unpaired) electrons. The van der Waals surface area contributed by atoms with E-state index in [0.717, 1.165) is 19.3 Å². The molecule has 0 bridgehead atoms. The second-order valence-electron chi connectivity index (χ2n) is 6.15. The molecule has 1 aromatic rings. The molecule has 0 aliphatic heterocycles. The van der Waals surface area contributed by atoms with Crippen molar-refractivity contribution in [3.63, 3.8) is 0 Å². The van der Waals surface area contributed by atoms with Crippen molar-refractivity contribution in [3.05, 3.63) is 23.8 Å². The Morgan fingerprint density at radius 2 is 1.95 bits per heavy atom. The summed E-state index contributed by atoms with van der Waals surface area (Å²) < 4.78 is 10.4. The van der Waals surface area contributed by atoms with Gasteiger partial charge >= 0.3 is 0 Å². The lowest BCUT2D eigenvalue weighted by atomic mass is 9.92. The molecule has 110 valence electrons. The first-order valence-electron chi connectivity index (χ1n) is 6.98. The fourth-order valence-corrected chi connectivity index (χ4v) is 2.81. The van der Waals surface area contributed by atoms with Gasteiger partial charge in [0.15, 0.2) is 11.5 Å². The van der Waals surface area contributed by atoms with Crippen molar-refractivity contribution in [2.45, 2.75) is 39.2 Å². The Kier molecular flexibility index (Phi) is 4.21. The Labute approximate surface area is 120 Å². The van der Waals surface area contributed by atoms with Gasteiger partial charge in [0, 0.05) is 11.6 Å². The highest BCUT2D eigenvalue weighted by molar-refractivity contribution is 5.95. The molecule has 20 heavy (non-hydrogen) atoms. The largest absolute Gasteiger partial charge is 0.493 e. The van der Waals surface area contributed by atoms with E-state index in [9.17, 15) is 4.79 Å². The van der Waals surface area contributed by atoms with Crippen molar-refractivity contribution in [1.29, 1.82) is 0 Å². The minimum atomic E-state index is -0.0475. The first-order chi connectivity index (χ1) is 9.45. The first-order valence-corrected chi connectivity index (χ1v) is 6.98. The number of ether oxygens (including phenoxy) is 2. The molecule has 4 heteroatoms. The number of amides is 1. The van der Waals surface area contributed by atoms with Gasteiger partial charge in [0.1, 0.15) is 0 Å². The number of hydrogen-bond acceptors (Lipinski definition) is 3. The molecule has 1 atom stereocenters. The van der Waals surface area contributed by atoms with Gasteiger partial charge in [0.2, 0.25) is 0 Å². The molecule has 4 nitrogen and oxygen atoms in total. The van der Waals surface area contributed by atoms with Gasteiger partial charge in [-0.2, -0.15) is 0 Å². The van der Waals surface area contributed by atoms with Crippen molar-refractivity contribution >= 4 is 5.91 Å². The molecule has 1 aliphatic rings. The van der Waals surface area contributed by atoms with Crippen LogP contribution in [0.5, 0.6) is 11.5 Å². The Morgan fingerprint density at radius 1 is 1.25 bits per heavy atom. The zero-order valence-corrected chi connectivity index (χ0v) is 12.7. The minimum Gasteiger partial charge on any atom is -0.493 e. The van der Waals surface area contributed by atoms with Crippen molar-refractivity contribution < 1.29 is 14.3 Å². The van der Waals surface area contributed by atoms with E-state index in [4.69, 9.17) is 9.47 Å². The Hall–Kier alpha value is -1.71. The summed E-state index contributed by atoms with van der Waals surface area (Å²) in [6, 6.07) is 5.50. The van der Waals surface area contributed by atoms with Crippen LogP contribution in [0, 0.1) is 5.41 Å². The number of carbonyl (C=O) groups is 1. The molecular weight excluding hydrogens is 254 g/mol. The molecular formula is C16H23NO3. The molecule has 0 heterocycles.